The fourth-order valence-corrected chi connectivity index (χ4v) is 8.56. The second kappa shape index (κ2) is 11.4. The molecule has 0 atom stereocenters. The van der Waals surface area contributed by atoms with Crippen LogP contribution in [0.5, 0.6) is 0 Å². The molecule has 0 radical (unpaired) electrons. The number of rotatable bonds is 4. The molecule has 11 rings (SSSR count). The maximum Gasteiger partial charge on any atom is 0.0737 e. The minimum Gasteiger partial charge on any atom is -0.248 e. The standard InChI is InChI=1S/C50H32N2/c1-3-11-31(12-4-1)43-28-47(35-19-21-41-37(25-35)23-33-15-7-9-17-39(33)41)51-49-30-50-46(27-45(43)49)44(32-13-5-2-6-14-32)29-48(52-50)36-20-22-42-38(26-36)24-34-16-8-10-18-40(34)42/h1-22,25-30H,23-24H2. The molecule has 2 heteroatoms. The number of pyridine rings is 2. The van der Waals surface area contributed by atoms with Gasteiger partial charge in [-0.3, -0.25) is 0 Å². The predicted molar refractivity (Wildman–Crippen MR) is 215 cm³/mol. The third-order valence-corrected chi connectivity index (χ3v) is 11.1. The Kier molecular flexibility index (Phi) is 6.41. The summed E-state index contributed by atoms with van der Waals surface area (Å²) in [5.41, 5.74) is 21.6. The third-order valence-electron chi connectivity index (χ3n) is 11.1. The summed E-state index contributed by atoms with van der Waals surface area (Å²) < 4.78 is 0. The van der Waals surface area contributed by atoms with Gasteiger partial charge in [0, 0.05) is 21.9 Å². The molecule has 242 valence electrons. The van der Waals surface area contributed by atoms with E-state index in [1.807, 2.05) is 0 Å². The van der Waals surface area contributed by atoms with E-state index in [1.165, 1.54) is 66.8 Å². The van der Waals surface area contributed by atoms with Gasteiger partial charge in [-0.05, 0) is 116 Å². The van der Waals surface area contributed by atoms with Crippen LogP contribution in [0.3, 0.4) is 0 Å². The van der Waals surface area contributed by atoms with Crippen LogP contribution in [-0.4, -0.2) is 9.97 Å². The van der Waals surface area contributed by atoms with Gasteiger partial charge in [0.05, 0.1) is 22.4 Å². The Morgan fingerprint density at radius 3 is 1.19 bits per heavy atom. The Morgan fingerprint density at radius 2 is 0.712 bits per heavy atom. The predicted octanol–water partition coefficient (Wildman–Crippen LogP) is 12.6. The largest absolute Gasteiger partial charge is 0.248 e. The molecule has 0 spiro atoms. The second-order valence-corrected chi connectivity index (χ2v) is 14.1. The van der Waals surface area contributed by atoms with E-state index in [2.05, 4.69) is 170 Å². The van der Waals surface area contributed by atoms with Crippen LogP contribution in [0, 0.1) is 0 Å². The van der Waals surface area contributed by atoms with E-state index in [4.69, 9.17) is 9.97 Å². The molecule has 0 amide bonds. The molecule has 2 heterocycles. The van der Waals surface area contributed by atoms with Crippen LogP contribution in [-0.2, 0) is 12.8 Å². The summed E-state index contributed by atoms with van der Waals surface area (Å²) in [7, 11) is 0. The second-order valence-electron chi connectivity index (χ2n) is 14.1. The highest BCUT2D eigenvalue weighted by Crippen LogP contribution is 2.43. The summed E-state index contributed by atoms with van der Waals surface area (Å²) in [4.78, 5) is 10.8. The maximum absolute atomic E-state index is 5.39. The summed E-state index contributed by atoms with van der Waals surface area (Å²) in [6.45, 7) is 0. The van der Waals surface area contributed by atoms with Gasteiger partial charge >= 0.3 is 0 Å². The van der Waals surface area contributed by atoms with E-state index < -0.39 is 0 Å². The number of nitrogens with zero attached hydrogens (tertiary/aromatic N) is 2. The van der Waals surface area contributed by atoms with E-state index in [-0.39, 0.29) is 0 Å². The molecule has 0 aliphatic heterocycles. The molecule has 9 aromatic rings. The fraction of sp³-hybridized carbons (Fsp3) is 0.0400. The topological polar surface area (TPSA) is 25.8 Å². The van der Waals surface area contributed by atoms with Crippen LogP contribution >= 0.6 is 0 Å². The van der Waals surface area contributed by atoms with E-state index in [0.717, 1.165) is 57.2 Å². The lowest BCUT2D eigenvalue weighted by molar-refractivity contribution is 1.26. The first-order chi connectivity index (χ1) is 25.7. The maximum atomic E-state index is 5.39. The van der Waals surface area contributed by atoms with Crippen molar-refractivity contribution in [2.24, 2.45) is 0 Å². The van der Waals surface area contributed by atoms with Crippen LogP contribution in [0.1, 0.15) is 22.3 Å². The van der Waals surface area contributed by atoms with E-state index in [9.17, 15) is 0 Å². The Morgan fingerprint density at radius 1 is 0.288 bits per heavy atom. The number of benzene rings is 7. The lowest BCUT2D eigenvalue weighted by atomic mass is 9.93. The molecule has 2 aliphatic rings. The average molecular weight is 661 g/mol. The third kappa shape index (κ3) is 4.65. The van der Waals surface area contributed by atoms with Crippen LogP contribution in [0.25, 0.3) is 88.8 Å². The van der Waals surface area contributed by atoms with Crippen LogP contribution in [0.4, 0.5) is 0 Å². The lowest BCUT2D eigenvalue weighted by Crippen LogP contribution is -1.95. The van der Waals surface area contributed by atoms with Gasteiger partial charge in [-0.1, -0.05) is 133 Å². The number of hydrogen-bond acceptors (Lipinski definition) is 2. The zero-order valence-electron chi connectivity index (χ0n) is 28.5. The zero-order chi connectivity index (χ0) is 34.2. The van der Waals surface area contributed by atoms with E-state index in [1.54, 1.807) is 0 Å². The molecule has 0 unspecified atom stereocenters. The van der Waals surface area contributed by atoms with Crippen molar-refractivity contribution >= 4 is 21.8 Å². The minimum absolute atomic E-state index is 0.945. The van der Waals surface area contributed by atoms with Crippen LogP contribution in [0.15, 0.2) is 170 Å². The molecule has 0 bridgehead atoms. The highest BCUT2D eigenvalue weighted by atomic mass is 14.7. The smallest absolute Gasteiger partial charge is 0.0737 e. The van der Waals surface area contributed by atoms with Gasteiger partial charge in [-0.2, -0.15) is 0 Å². The van der Waals surface area contributed by atoms with Crippen molar-refractivity contribution in [1.82, 2.24) is 9.97 Å². The minimum atomic E-state index is 0.945. The highest BCUT2D eigenvalue weighted by molar-refractivity contribution is 6.08. The highest BCUT2D eigenvalue weighted by Gasteiger charge is 2.22. The van der Waals surface area contributed by atoms with Gasteiger partial charge in [0.1, 0.15) is 0 Å². The molecule has 2 nitrogen and oxygen atoms in total. The summed E-state index contributed by atoms with van der Waals surface area (Å²) >= 11 is 0. The summed E-state index contributed by atoms with van der Waals surface area (Å²) in [6, 6.07) is 61.8. The molecular formula is C50H32N2. The van der Waals surface area contributed by atoms with Crippen molar-refractivity contribution in [2.75, 3.05) is 0 Å². The first kappa shape index (κ1) is 29.1. The van der Waals surface area contributed by atoms with Crippen molar-refractivity contribution < 1.29 is 0 Å². The van der Waals surface area contributed by atoms with Crippen molar-refractivity contribution in [3.05, 3.63) is 192 Å². The fourth-order valence-electron chi connectivity index (χ4n) is 8.56. The molecule has 0 saturated heterocycles. The first-order valence-corrected chi connectivity index (χ1v) is 18.1. The van der Waals surface area contributed by atoms with Crippen molar-refractivity contribution in [3.8, 4) is 67.0 Å². The molecular weight excluding hydrogens is 629 g/mol. The normalized spacial score (nSPS) is 12.5. The molecule has 2 aromatic heterocycles. The first-order valence-electron chi connectivity index (χ1n) is 18.1. The number of fused-ring (bicyclic) bond motifs is 8. The molecule has 2 aliphatic carbocycles. The van der Waals surface area contributed by atoms with Gasteiger partial charge in [0.15, 0.2) is 0 Å². The Bertz CT molecular complexity index is 2690. The Balaban J connectivity index is 1.12. The molecule has 0 N–H and O–H groups in total. The quantitative estimate of drug-likeness (QED) is 0.176. The van der Waals surface area contributed by atoms with Gasteiger partial charge < -0.3 is 0 Å². The van der Waals surface area contributed by atoms with Gasteiger partial charge in [-0.25, -0.2) is 9.97 Å². The van der Waals surface area contributed by atoms with Crippen molar-refractivity contribution in [2.45, 2.75) is 12.8 Å². The van der Waals surface area contributed by atoms with Crippen molar-refractivity contribution in [1.29, 1.82) is 0 Å². The van der Waals surface area contributed by atoms with Gasteiger partial charge in [0.2, 0.25) is 0 Å². The number of aromatic nitrogens is 2. The summed E-state index contributed by atoms with van der Waals surface area (Å²) in [6.07, 6.45) is 1.90. The number of hydrogen-bond donors (Lipinski definition) is 0. The van der Waals surface area contributed by atoms with Crippen LogP contribution in [0.2, 0.25) is 0 Å². The summed E-state index contributed by atoms with van der Waals surface area (Å²) in [5.74, 6) is 0. The van der Waals surface area contributed by atoms with Crippen molar-refractivity contribution in [3.63, 3.8) is 0 Å². The molecule has 7 aromatic carbocycles. The zero-order valence-corrected chi connectivity index (χ0v) is 28.5. The molecule has 0 saturated carbocycles. The Labute approximate surface area is 302 Å². The average Bonchev–Trinajstić information content (AvgIpc) is 3.77. The monoisotopic (exact) mass is 660 g/mol. The SMILES string of the molecule is c1ccc(-c2cc(-c3ccc4c(c3)Cc3ccccc3-4)nc3cc4nc(-c5ccc6c(c5)Cc5ccccc5-6)cc(-c5ccccc5)c4cc23)cc1. The molecule has 52 heavy (non-hydrogen) atoms. The summed E-state index contributed by atoms with van der Waals surface area (Å²) in [5, 5.41) is 2.25. The van der Waals surface area contributed by atoms with E-state index in [0.29, 0.717) is 0 Å². The van der Waals surface area contributed by atoms with E-state index >= 15 is 0 Å². The lowest BCUT2D eigenvalue weighted by Gasteiger charge is -2.15. The van der Waals surface area contributed by atoms with Gasteiger partial charge in [-0.15, -0.1) is 0 Å². The van der Waals surface area contributed by atoms with Crippen LogP contribution < -0.4 is 0 Å². The Hall–Kier alpha value is -6.64. The van der Waals surface area contributed by atoms with Gasteiger partial charge in [0.25, 0.3) is 0 Å². The molecule has 0 fully saturated rings.